The van der Waals surface area contributed by atoms with Crippen molar-refractivity contribution >= 4 is 22.1 Å². The Morgan fingerprint density at radius 3 is 2.73 bits per heavy atom. The van der Waals surface area contributed by atoms with Gasteiger partial charge in [-0.15, -0.1) is 0 Å². The van der Waals surface area contributed by atoms with E-state index < -0.39 is 5.60 Å². The van der Waals surface area contributed by atoms with E-state index >= 15 is 0 Å². The molecule has 1 heterocycles. The van der Waals surface area contributed by atoms with Gasteiger partial charge in [-0.2, -0.15) is 11.3 Å². The summed E-state index contributed by atoms with van der Waals surface area (Å²) < 4.78 is 0. The Kier molecular flexibility index (Phi) is 4.16. The molecule has 1 aromatic heterocycles. The molecule has 0 radical (unpaired) electrons. The highest BCUT2D eigenvalue weighted by Crippen LogP contribution is 2.27. The summed E-state index contributed by atoms with van der Waals surface area (Å²) in [5.41, 5.74) is 0.853. The fraction of sp³-hybridized carbons (Fsp3) is 0.222. The minimum atomic E-state index is -0.916. The van der Waals surface area contributed by atoms with Gasteiger partial charge < -0.3 is 15.5 Å². The summed E-state index contributed by atoms with van der Waals surface area (Å²) in [5, 5.41) is 29.9. The van der Waals surface area contributed by atoms with Crippen LogP contribution in [0, 0.1) is 0 Å². The molecule has 2 aromatic carbocycles. The van der Waals surface area contributed by atoms with Crippen LogP contribution in [0.1, 0.15) is 18.1 Å². The Hall–Kier alpha value is -1.88. The molecule has 0 fully saturated rings. The van der Waals surface area contributed by atoms with Crippen molar-refractivity contribution in [2.45, 2.75) is 19.1 Å². The SMILES string of the molecule is CC(O)(CNCc1c(O)ccc2ccccc12)c1ccsc1. The quantitative estimate of drug-likeness (QED) is 0.674. The van der Waals surface area contributed by atoms with Crippen LogP contribution in [0.3, 0.4) is 0 Å². The van der Waals surface area contributed by atoms with Crippen LogP contribution >= 0.6 is 11.3 Å². The van der Waals surface area contributed by atoms with Crippen molar-refractivity contribution in [3.8, 4) is 5.75 Å². The first-order valence-corrected chi connectivity index (χ1v) is 8.17. The molecular weight excluding hydrogens is 294 g/mol. The van der Waals surface area contributed by atoms with Crippen LogP contribution in [0.25, 0.3) is 10.8 Å². The first-order valence-electron chi connectivity index (χ1n) is 7.23. The first kappa shape index (κ1) is 15.0. The lowest BCUT2D eigenvalue weighted by atomic mass is 9.98. The number of phenols is 1. The summed E-state index contributed by atoms with van der Waals surface area (Å²) in [5.74, 6) is 0.279. The predicted molar refractivity (Wildman–Crippen MR) is 91.2 cm³/mol. The number of rotatable bonds is 5. The molecule has 3 nitrogen and oxygen atoms in total. The number of aromatic hydroxyl groups is 1. The molecule has 0 aliphatic rings. The molecule has 0 aliphatic carbocycles. The molecule has 3 N–H and O–H groups in total. The highest BCUT2D eigenvalue weighted by molar-refractivity contribution is 7.08. The molecular formula is C18H19NO2S. The zero-order valence-electron chi connectivity index (χ0n) is 12.4. The first-order chi connectivity index (χ1) is 10.6. The number of aliphatic hydroxyl groups is 1. The van der Waals surface area contributed by atoms with Crippen LogP contribution in [-0.2, 0) is 12.1 Å². The zero-order chi connectivity index (χ0) is 15.6. The van der Waals surface area contributed by atoms with Crippen LogP contribution in [0.5, 0.6) is 5.75 Å². The summed E-state index contributed by atoms with van der Waals surface area (Å²) in [6.45, 7) is 2.73. The van der Waals surface area contributed by atoms with Gasteiger partial charge in [-0.1, -0.05) is 30.3 Å². The lowest BCUT2D eigenvalue weighted by molar-refractivity contribution is 0.0571. The van der Waals surface area contributed by atoms with Crippen molar-refractivity contribution in [1.29, 1.82) is 0 Å². The molecule has 3 aromatic rings. The van der Waals surface area contributed by atoms with Gasteiger partial charge in [0.1, 0.15) is 5.75 Å². The van der Waals surface area contributed by atoms with E-state index in [1.165, 1.54) is 0 Å². The van der Waals surface area contributed by atoms with Crippen molar-refractivity contribution in [3.05, 3.63) is 64.4 Å². The fourth-order valence-electron chi connectivity index (χ4n) is 2.61. The van der Waals surface area contributed by atoms with Gasteiger partial charge in [0.2, 0.25) is 0 Å². The van der Waals surface area contributed by atoms with Gasteiger partial charge in [-0.05, 0) is 46.2 Å². The molecule has 0 aliphatic heterocycles. The van der Waals surface area contributed by atoms with Crippen molar-refractivity contribution in [2.24, 2.45) is 0 Å². The van der Waals surface area contributed by atoms with E-state index in [9.17, 15) is 10.2 Å². The van der Waals surface area contributed by atoms with Gasteiger partial charge in [-0.3, -0.25) is 0 Å². The van der Waals surface area contributed by atoms with Crippen LogP contribution in [0.15, 0.2) is 53.2 Å². The third-order valence-electron chi connectivity index (χ3n) is 3.93. The van der Waals surface area contributed by atoms with Crippen LogP contribution in [0.2, 0.25) is 0 Å². The van der Waals surface area contributed by atoms with E-state index in [1.807, 2.05) is 47.2 Å². The molecule has 0 saturated heterocycles. The Labute approximate surface area is 133 Å². The van der Waals surface area contributed by atoms with Crippen molar-refractivity contribution in [2.75, 3.05) is 6.54 Å². The fourth-order valence-corrected chi connectivity index (χ4v) is 3.40. The molecule has 1 unspecified atom stereocenters. The highest BCUT2D eigenvalue weighted by atomic mass is 32.1. The molecule has 3 rings (SSSR count). The van der Waals surface area contributed by atoms with Crippen molar-refractivity contribution < 1.29 is 10.2 Å². The van der Waals surface area contributed by atoms with Gasteiger partial charge in [0, 0.05) is 18.7 Å². The average Bonchev–Trinajstić information content (AvgIpc) is 3.05. The molecule has 0 spiro atoms. The highest BCUT2D eigenvalue weighted by Gasteiger charge is 2.23. The topological polar surface area (TPSA) is 52.5 Å². The van der Waals surface area contributed by atoms with Gasteiger partial charge in [-0.25, -0.2) is 0 Å². The smallest absolute Gasteiger partial charge is 0.120 e. The Morgan fingerprint density at radius 1 is 1.14 bits per heavy atom. The van der Waals surface area contributed by atoms with Crippen LogP contribution in [-0.4, -0.2) is 16.8 Å². The van der Waals surface area contributed by atoms with Crippen LogP contribution in [0.4, 0.5) is 0 Å². The molecule has 0 saturated carbocycles. The average molecular weight is 313 g/mol. The monoisotopic (exact) mass is 313 g/mol. The summed E-state index contributed by atoms with van der Waals surface area (Å²) in [7, 11) is 0. The largest absolute Gasteiger partial charge is 0.508 e. The lowest BCUT2D eigenvalue weighted by Crippen LogP contribution is -2.34. The number of fused-ring (bicyclic) bond motifs is 1. The second kappa shape index (κ2) is 6.08. The summed E-state index contributed by atoms with van der Waals surface area (Å²) in [4.78, 5) is 0. The van der Waals surface area contributed by atoms with Crippen molar-refractivity contribution in [3.63, 3.8) is 0 Å². The van der Waals surface area contributed by atoms with E-state index in [2.05, 4.69) is 5.32 Å². The van der Waals surface area contributed by atoms with Gasteiger partial charge in [0.05, 0.1) is 5.60 Å². The van der Waals surface area contributed by atoms with Crippen molar-refractivity contribution in [1.82, 2.24) is 5.32 Å². The van der Waals surface area contributed by atoms with E-state index in [4.69, 9.17) is 0 Å². The summed E-state index contributed by atoms with van der Waals surface area (Å²) in [6, 6.07) is 13.5. The van der Waals surface area contributed by atoms with Crippen LogP contribution < -0.4 is 5.32 Å². The number of hydrogen-bond acceptors (Lipinski definition) is 4. The number of benzene rings is 2. The standard InChI is InChI=1S/C18H19NO2S/c1-18(21,14-8-9-22-11-14)12-19-10-16-15-5-3-2-4-13(15)6-7-17(16)20/h2-9,11,19-21H,10,12H2,1H3. The maximum atomic E-state index is 10.5. The Bertz CT molecular complexity index is 766. The molecule has 114 valence electrons. The van der Waals surface area contributed by atoms with Gasteiger partial charge in [0.25, 0.3) is 0 Å². The summed E-state index contributed by atoms with van der Waals surface area (Å²) >= 11 is 1.57. The Balaban J connectivity index is 1.76. The maximum absolute atomic E-state index is 10.5. The normalized spacial score (nSPS) is 14.1. The number of hydrogen-bond donors (Lipinski definition) is 3. The number of nitrogens with one attached hydrogen (secondary N) is 1. The van der Waals surface area contributed by atoms with E-state index in [0.717, 1.165) is 21.9 Å². The third-order valence-corrected chi connectivity index (χ3v) is 4.61. The van der Waals surface area contributed by atoms with Gasteiger partial charge in [0.15, 0.2) is 0 Å². The second-order valence-electron chi connectivity index (χ2n) is 5.67. The molecule has 0 bridgehead atoms. The third kappa shape index (κ3) is 2.99. The lowest BCUT2D eigenvalue weighted by Gasteiger charge is -2.23. The minimum absolute atomic E-state index is 0.279. The minimum Gasteiger partial charge on any atom is -0.508 e. The van der Waals surface area contributed by atoms with Gasteiger partial charge >= 0.3 is 0 Å². The molecule has 1 atom stereocenters. The maximum Gasteiger partial charge on any atom is 0.120 e. The van der Waals surface area contributed by atoms with E-state index in [-0.39, 0.29) is 5.75 Å². The molecule has 22 heavy (non-hydrogen) atoms. The zero-order valence-corrected chi connectivity index (χ0v) is 13.2. The molecule has 0 amide bonds. The van der Waals surface area contributed by atoms with E-state index in [0.29, 0.717) is 13.1 Å². The Morgan fingerprint density at radius 2 is 1.95 bits per heavy atom. The second-order valence-corrected chi connectivity index (χ2v) is 6.45. The summed E-state index contributed by atoms with van der Waals surface area (Å²) in [6.07, 6.45) is 0. The number of phenolic OH excluding ortho intramolecular Hbond substituents is 1. The predicted octanol–water partition coefficient (Wildman–Crippen LogP) is 3.60. The number of thiophene rings is 1. The molecule has 4 heteroatoms. The van der Waals surface area contributed by atoms with E-state index in [1.54, 1.807) is 24.3 Å².